The Balaban J connectivity index is 1.06. The van der Waals surface area contributed by atoms with Crippen molar-refractivity contribution in [1.29, 1.82) is 0 Å². The molecule has 0 amide bonds. The van der Waals surface area contributed by atoms with Crippen molar-refractivity contribution in [3.8, 4) is 72.4 Å². The fraction of sp³-hybridized carbons (Fsp3) is 0.0930. The van der Waals surface area contributed by atoms with Gasteiger partial charge in [-0.3, -0.25) is 0 Å². The van der Waals surface area contributed by atoms with Crippen molar-refractivity contribution in [3.63, 3.8) is 0 Å². The van der Waals surface area contributed by atoms with Gasteiger partial charge in [0.2, 0.25) is 0 Å². The number of anilines is 6. The molecule has 0 spiro atoms. The lowest BCUT2D eigenvalue weighted by Gasteiger charge is -2.46. The second-order valence-electron chi connectivity index (χ2n) is 26.5. The van der Waals surface area contributed by atoms with Crippen molar-refractivity contribution in [2.75, 3.05) is 9.80 Å². The molecular formula is C86H68BN3. The monoisotopic (exact) mass is 1150 g/mol. The normalized spacial score (nSPS) is 12.7. The minimum atomic E-state index is -0.204. The van der Waals surface area contributed by atoms with Gasteiger partial charge in [0.25, 0.3) is 6.71 Å². The first-order valence-corrected chi connectivity index (χ1v) is 31.7. The standard InChI is InChI=1S/C86H68BN3/c1-85(2,3)74-55-76-80(53-70(74)63-33-21-11-22-34-63)88(67-43-37-61(38-44-67)57-25-13-7-14-26-57)82-51-69(90-78-47-41-65(59-29-17-9-18-30-59)49-72(78)73-50-66(42-48-79(73)90)60-31-19-10-20-32-60)52-83-84(82)87(76)77-56-75(86(4,5)6)71(64-35-23-12-24-36-64)54-81(77)89(83)68-45-39-62(40-46-68)58-27-15-8-16-28-58/h7-56H,1-6H3. The number of hydrogen-bond donors (Lipinski definition) is 0. The van der Waals surface area contributed by atoms with E-state index < -0.39 is 0 Å². The van der Waals surface area contributed by atoms with E-state index in [-0.39, 0.29) is 17.5 Å². The number of aromatic nitrogens is 1. The summed E-state index contributed by atoms with van der Waals surface area (Å²) in [5, 5.41) is 2.41. The van der Waals surface area contributed by atoms with Gasteiger partial charge in [0.15, 0.2) is 0 Å². The Morgan fingerprint density at radius 3 is 0.889 bits per heavy atom. The SMILES string of the molecule is CC(C)(C)c1cc2c(cc1-c1ccccc1)N(c1ccc(-c3ccccc3)cc1)c1cc(-n3c4ccc(-c5ccccc5)cc4c4cc(-c5ccccc5)ccc43)cc3c1B2c1cc(C(C)(C)C)c(-c2ccccc2)cc1N3c1ccc(-c2ccccc2)cc1. The molecule has 430 valence electrons. The van der Waals surface area contributed by atoms with Gasteiger partial charge in [-0.2, -0.15) is 0 Å². The first kappa shape index (κ1) is 54.7. The molecule has 0 unspecified atom stereocenters. The Bertz CT molecular complexity index is 4710. The van der Waals surface area contributed by atoms with E-state index in [0.29, 0.717) is 0 Å². The first-order valence-electron chi connectivity index (χ1n) is 31.7. The minimum Gasteiger partial charge on any atom is -0.311 e. The van der Waals surface area contributed by atoms with Crippen molar-refractivity contribution < 1.29 is 0 Å². The Morgan fingerprint density at radius 1 is 0.256 bits per heavy atom. The predicted octanol–water partition coefficient (Wildman–Crippen LogP) is 21.5. The highest BCUT2D eigenvalue weighted by molar-refractivity contribution is 7.00. The molecule has 2 aliphatic rings. The molecule has 0 atom stereocenters. The number of benzene rings is 13. The van der Waals surface area contributed by atoms with Crippen LogP contribution in [0.4, 0.5) is 34.1 Å². The summed E-state index contributed by atoms with van der Waals surface area (Å²) in [6.07, 6.45) is 0. The molecule has 0 saturated carbocycles. The quantitative estimate of drug-likeness (QED) is 0.133. The molecule has 3 nitrogen and oxygen atoms in total. The van der Waals surface area contributed by atoms with E-state index in [1.165, 1.54) is 116 Å². The van der Waals surface area contributed by atoms with Gasteiger partial charge in [0.1, 0.15) is 0 Å². The van der Waals surface area contributed by atoms with E-state index in [0.717, 1.165) is 39.5 Å². The molecule has 0 bridgehead atoms. The van der Waals surface area contributed by atoms with Crippen LogP contribution < -0.4 is 26.2 Å². The van der Waals surface area contributed by atoms with Crippen molar-refractivity contribution in [2.24, 2.45) is 0 Å². The summed E-state index contributed by atoms with van der Waals surface area (Å²) in [4.78, 5) is 5.22. The maximum absolute atomic E-state index is 2.61. The molecule has 0 radical (unpaired) electrons. The van der Waals surface area contributed by atoms with E-state index in [2.05, 4.69) is 359 Å². The number of rotatable bonds is 9. The maximum atomic E-state index is 2.61. The first-order chi connectivity index (χ1) is 43.9. The summed E-state index contributed by atoms with van der Waals surface area (Å²) in [6.45, 7) is 14.1. The van der Waals surface area contributed by atoms with E-state index >= 15 is 0 Å². The molecule has 16 rings (SSSR count). The molecule has 4 heteroatoms. The highest BCUT2D eigenvalue weighted by atomic mass is 15.2. The van der Waals surface area contributed by atoms with Crippen LogP contribution in [0.3, 0.4) is 0 Å². The summed E-state index contributed by atoms with van der Waals surface area (Å²) in [7, 11) is 0. The van der Waals surface area contributed by atoms with Crippen LogP contribution in [0.1, 0.15) is 52.7 Å². The van der Waals surface area contributed by atoms with Gasteiger partial charge in [-0.05, 0) is 178 Å². The molecule has 0 saturated heterocycles. The van der Waals surface area contributed by atoms with Crippen molar-refractivity contribution >= 4 is 79.0 Å². The molecular weight excluding hydrogens is 1090 g/mol. The van der Waals surface area contributed by atoms with Gasteiger partial charge in [-0.25, -0.2) is 0 Å². The topological polar surface area (TPSA) is 11.4 Å². The average molecular weight is 1150 g/mol. The van der Waals surface area contributed by atoms with Crippen LogP contribution in [0.5, 0.6) is 0 Å². The molecule has 0 N–H and O–H groups in total. The summed E-state index contributed by atoms with van der Waals surface area (Å²) in [5.74, 6) is 0. The largest absolute Gasteiger partial charge is 0.311 e. The highest BCUT2D eigenvalue weighted by Crippen LogP contribution is 2.51. The van der Waals surface area contributed by atoms with E-state index in [1.54, 1.807) is 0 Å². The molecule has 3 heterocycles. The van der Waals surface area contributed by atoms with Crippen molar-refractivity contribution in [1.82, 2.24) is 4.57 Å². The van der Waals surface area contributed by atoms with Crippen LogP contribution in [0.15, 0.2) is 303 Å². The van der Waals surface area contributed by atoms with Gasteiger partial charge in [-0.15, -0.1) is 0 Å². The van der Waals surface area contributed by atoms with Crippen LogP contribution in [-0.4, -0.2) is 11.3 Å². The zero-order valence-electron chi connectivity index (χ0n) is 51.8. The minimum absolute atomic E-state index is 0.161. The molecule has 13 aromatic carbocycles. The molecule has 2 aliphatic heterocycles. The Morgan fingerprint density at radius 2 is 0.556 bits per heavy atom. The van der Waals surface area contributed by atoms with Gasteiger partial charge in [0, 0.05) is 44.9 Å². The lowest BCUT2D eigenvalue weighted by molar-refractivity contribution is 0.592. The van der Waals surface area contributed by atoms with E-state index in [4.69, 9.17) is 0 Å². The van der Waals surface area contributed by atoms with Crippen molar-refractivity contribution in [2.45, 2.75) is 52.4 Å². The zero-order chi connectivity index (χ0) is 60.8. The molecule has 14 aromatic rings. The van der Waals surface area contributed by atoms with Crippen LogP contribution in [-0.2, 0) is 10.8 Å². The molecule has 0 fully saturated rings. The molecule has 90 heavy (non-hydrogen) atoms. The van der Waals surface area contributed by atoms with Crippen molar-refractivity contribution in [3.05, 3.63) is 314 Å². The third kappa shape index (κ3) is 9.36. The Kier molecular flexibility index (Phi) is 13.1. The summed E-state index contributed by atoms with van der Waals surface area (Å²) < 4.78 is 2.55. The molecule has 0 aliphatic carbocycles. The van der Waals surface area contributed by atoms with Crippen LogP contribution in [0.2, 0.25) is 0 Å². The summed E-state index contributed by atoms with van der Waals surface area (Å²) >= 11 is 0. The zero-order valence-corrected chi connectivity index (χ0v) is 51.8. The lowest BCUT2D eigenvalue weighted by atomic mass is 9.33. The fourth-order valence-electron chi connectivity index (χ4n) is 14.5. The highest BCUT2D eigenvalue weighted by Gasteiger charge is 2.46. The summed E-state index contributed by atoms with van der Waals surface area (Å²) in [5.41, 5.74) is 30.7. The molecule has 1 aromatic heterocycles. The van der Waals surface area contributed by atoms with Crippen LogP contribution in [0.25, 0.3) is 94.3 Å². The van der Waals surface area contributed by atoms with Gasteiger partial charge in [0.05, 0.1) is 16.7 Å². The second kappa shape index (κ2) is 21.6. The fourth-order valence-corrected chi connectivity index (χ4v) is 14.5. The third-order valence-electron chi connectivity index (χ3n) is 18.8. The lowest BCUT2D eigenvalue weighted by Crippen LogP contribution is -2.61. The average Bonchev–Trinajstić information content (AvgIpc) is 0.781. The van der Waals surface area contributed by atoms with Crippen LogP contribution in [0, 0.1) is 0 Å². The predicted molar refractivity (Wildman–Crippen MR) is 385 cm³/mol. The number of nitrogens with zero attached hydrogens (tertiary/aromatic N) is 3. The maximum Gasteiger partial charge on any atom is 0.252 e. The Hall–Kier alpha value is -10.7. The third-order valence-corrected chi connectivity index (χ3v) is 18.8. The van der Waals surface area contributed by atoms with E-state index in [9.17, 15) is 0 Å². The van der Waals surface area contributed by atoms with Gasteiger partial charge < -0.3 is 14.4 Å². The van der Waals surface area contributed by atoms with E-state index in [1.807, 2.05) is 0 Å². The van der Waals surface area contributed by atoms with Crippen LogP contribution >= 0.6 is 0 Å². The number of fused-ring (bicyclic) bond motifs is 7. The summed E-state index contributed by atoms with van der Waals surface area (Å²) in [6, 6.07) is 114. The Labute approximate surface area is 529 Å². The van der Waals surface area contributed by atoms with Gasteiger partial charge >= 0.3 is 0 Å². The smallest absolute Gasteiger partial charge is 0.252 e. The van der Waals surface area contributed by atoms with Gasteiger partial charge in [-0.1, -0.05) is 272 Å². The number of hydrogen-bond acceptors (Lipinski definition) is 2. The second-order valence-corrected chi connectivity index (χ2v) is 26.5.